The van der Waals surface area contributed by atoms with Crippen LogP contribution in [0.3, 0.4) is 0 Å². The fraction of sp³-hybridized carbons (Fsp3) is 0.316. The Morgan fingerprint density at radius 2 is 1.79 bits per heavy atom. The number of nitrogens with one attached hydrogen (secondary N) is 2. The normalized spacial score (nSPS) is 13.2. The van der Waals surface area contributed by atoms with Crippen LogP contribution in [-0.4, -0.2) is 19.6 Å². The third-order valence-corrected chi connectivity index (χ3v) is 4.54. The second-order valence-electron chi connectivity index (χ2n) is 5.70. The van der Waals surface area contributed by atoms with Gasteiger partial charge in [0.25, 0.3) is 0 Å². The molecule has 0 fully saturated rings. The van der Waals surface area contributed by atoms with E-state index >= 15 is 0 Å². The van der Waals surface area contributed by atoms with Gasteiger partial charge in [0.15, 0.2) is 0 Å². The fourth-order valence-corrected chi connectivity index (χ4v) is 2.99. The molecule has 0 saturated carbocycles. The Labute approximate surface area is 151 Å². The number of hydrogen-bond acceptors (Lipinski definition) is 3. The molecule has 0 aromatic heterocycles. The van der Waals surface area contributed by atoms with E-state index in [0.717, 1.165) is 21.3 Å². The molecule has 128 valence electrons. The lowest BCUT2D eigenvalue weighted by atomic mass is 10.1. The highest BCUT2D eigenvalue weighted by molar-refractivity contribution is 9.10. The number of benzene rings is 2. The van der Waals surface area contributed by atoms with Gasteiger partial charge >= 0.3 is 0 Å². The molecule has 2 aromatic carbocycles. The molecule has 2 aromatic rings. The fourth-order valence-electron chi connectivity index (χ4n) is 2.43. The van der Waals surface area contributed by atoms with Crippen molar-refractivity contribution in [3.63, 3.8) is 0 Å². The van der Waals surface area contributed by atoms with Gasteiger partial charge in [-0.05, 0) is 53.0 Å². The molecule has 0 spiro atoms. The van der Waals surface area contributed by atoms with E-state index in [2.05, 4.69) is 26.6 Å². The highest BCUT2D eigenvalue weighted by Gasteiger charge is 2.12. The summed E-state index contributed by atoms with van der Waals surface area (Å²) in [4.78, 5) is 12.1. The summed E-state index contributed by atoms with van der Waals surface area (Å²) in [6.07, 6.45) is 0. The SMILES string of the molecule is COc1ccc([C@@H](C)NCC(=O)N[C@H](C)c2ccccc2)cc1Br. The van der Waals surface area contributed by atoms with E-state index in [9.17, 15) is 4.79 Å². The molecule has 0 saturated heterocycles. The zero-order valence-corrected chi connectivity index (χ0v) is 15.8. The van der Waals surface area contributed by atoms with Crippen LogP contribution in [0, 0.1) is 0 Å². The second kappa shape index (κ2) is 8.85. The van der Waals surface area contributed by atoms with Crippen LogP contribution in [-0.2, 0) is 4.79 Å². The number of carbonyl (C=O) groups is 1. The van der Waals surface area contributed by atoms with Gasteiger partial charge in [0.05, 0.1) is 24.2 Å². The Morgan fingerprint density at radius 3 is 2.42 bits per heavy atom. The van der Waals surface area contributed by atoms with Gasteiger partial charge in [0.2, 0.25) is 5.91 Å². The third-order valence-electron chi connectivity index (χ3n) is 3.92. The molecule has 5 heteroatoms. The number of ether oxygens (including phenoxy) is 1. The topological polar surface area (TPSA) is 50.4 Å². The zero-order valence-electron chi connectivity index (χ0n) is 14.2. The lowest BCUT2D eigenvalue weighted by Crippen LogP contribution is -2.36. The van der Waals surface area contributed by atoms with E-state index in [-0.39, 0.29) is 24.5 Å². The van der Waals surface area contributed by atoms with Crippen molar-refractivity contribution in [3.8, 4) is 5.75 Å². The van der Waals surface area contributed by atoms with Gasteiger partial charge in [0.1, 0.15) is 5.75 Å². The number of rotatable bonds is 7. The van der Waals surface area contributed by atoms with E-state index in [1.807, 2.05) is 62.4 Å². The minimum absolute atomic E-state index is 0.00839. The summed E-state index contributed by atoms with van der Waals surface area (Å²) in [5.41, 5.74) is 2.18. The van der Waals surface area contributed by atoms with Crippen molar-refractivity contribution in [2.75, 3.05) is 13.7 Å². The lowest BCUT2D eigenvalue weighted by molar-refractivity contribution is -0.121. The van der Waals surface area contributed by atoms with Crippen molar-refractivity contribution >= 4 is 21.8 Å². The minimum Gasteiger partial charge on any atom is -0.496 e. The maximum absolute atomic E-state index is 12.1. The van der Waals surface area contributed by atoms with E-state index < -0.39 is 0 Å². The first-order valence-electron chi connectivity index (χ1n) is 7.92. The van der Waals surface area contributed by atoms with Crippen LogP contribution in [0.4, 0.5) is 0 Å². The summed E-state index contributed by atoms with van der Waals surface area (Å²) in [6, 6.07) is 15.9. The molecule has 0 bridgehead atoms. The van der Waals surface area contributed by atoms with Gasteiger partial charge < -0.3 is 15.4 Å². The molecule has 2 N–H and O–H groups in total. The van der Waals surface area contributed by atoms with E-state index in [0.29, 0.717) is 0 Å². The highest BCUT2D eigenvalue weighted by Crippen LogP contribution is 2.27. The molecular formula is C19H23BrN2O2. The molecule has 0 aliphatic heterocycles. The Balaban J connectivity index is 1.86. The number of amides is 1. The summed E-state index contributed by atoms with van der Waals surface area (Å²) in [6.45, 7) is 4.28. The summed E-state index contributed by atoms with van der Waals surface area (Å²) in [5, 5.41) is 6.25. The van der Waals surface area contributed by atoms with Gasteiger partial charge in [-0.15, -0.1) is 0 Å². The quantitative estimate of drug-likeness (QED) is 0.751. The third kappa shape index (κ3) is 5.08. The highest BCUT2D eigenvalue weighted by atomic mass is 79.9. The summed E-state index contributed by atoms with van der Waals surface area (Å²) in [5.74, 6) is 0.770. The number of carbonyl (C=O) groups excluding carboxylic acids is 1. The molecule has 0 heterocycles. The van der Waals surface area contributed by atoms with Crippen LogP contribution in [0.2, 0.25) is 0 Å². The molecule has 24 heavy (non-hydrogen) atoms. The van der Waals surface area contributed by atoms with Crippen molar-refractivity contribution in [3.05, 3.63) is 64.1 Å². The van der Waals surface area contributed by atoms with Crippen molar-refractivity contribution in [1.29, 1.82) is 0 Å². The molecule has 2 rings (SSSR count). The van der Waals surface area contributed by atoms with E-state index in [1.54, 1.807) is 7.11 Å². The van der Waals surface area contributed by atoms with Gasteiger partial charge in [-0.1, -0.05) is 36.4 Å². The summed E-state index contributed by atoms with van der Waals surface area (Å²) >= 11 is 3.48. The molecule has 0 aliphatic rings. The first kappa shape index (κ1) is 18.5. The van der Waals surface area contributed by atoms with Gasteiger partial charge in [-0.3, -0.25) is 4.79 Å². The van der Waals surface area contributed by atoms with Crippen molar-refractivity contribution in [1.82, 2.24) is 10.6 Å². The molecule has 4 nitrogen and oxygen atoms in total. The number of methoxy groups -OCH3 is 1. The second-order valence-corrected chi connectivity index (χ2v) is 6.55. The van der Waals surface area contributed by atoms with Crippen LogP contribution >= 0.6 is 15.9 Å². The van der Waals surface area contributed by atoms with Crippen LogP contribution in [0.15, 0.2) is 53.0 Å². The van der Waals surface area contributed by atoms with Gasteiger partial charge in [0, 0.05) is 6.04 Å². The van der Waals surface area contributed by atoms with Crippen LogP contribution in [0.1, 0.15) is 37.1 Å². The Bertz CT molecular complexity index is 676. The predicted molar refractivity (Wildman–Crippen MR) is 100 cm³/mol. The van der Waals surface area contributed by atoms with Gasteiger partial charge in [-0.25, -0.2) is 0 Å². The lowest BCUT2D eigenvalue weighted by Gasteiger charge is -2.18. The van der Waals surface area contributed by atoms with Crippen LogP contribution in [0.25, 0.3) is 0 Å². The molecule has 2 atom stereocenters. The van der Waals surface area contributed by atoms with E-state index in [1.165, 1.54) is 0 Å². The smallest absolute Gasteiger partial charge is 0.234 e. The summed E-state index contributed by atoms with van der Waals surface area (Å²) in [7, 11) is 1.64. The minimum atomic E-state index is -0.0224. The molecule has 0 radical (unpaired) electrons. The maximum atomic E-state index is 12.1. The molecule has 1 amide bonds. The average molecular weight is 391 g/mol. The maximum Gasteiger partial charge on any atom is 0.234 e. The molecular weight excluding hydrogens is 368 g/mol. The molecule has 0 aliphatic carbocycles. The number of hydrogen-bond donors (Lipinski definition) is 2. The first-order valence-corrected chi connectivity index (χ1v) is 8.71. The first-order chi connectivity index (χ1) is 11.5. The summed E-state index contributed by atoms with van der Waals surface area (Å²) < 4.78 is 6.13. The van der Waals surface area contributed by atoms with E-state index in [4.69, 9.17) is 4.74 Å². The van der Waals surface area contributed by atoms with Crippen molar-refractivity contribution in [2.45, 2.75) is 25.9 Å². The Kier molecular flexibility index (Phi) is 6.82. The van der Waals surface area contributed by atoms with Crippen LogP contribution < -0.4 is 15.4 Å². The standard InChI is InChI=1S/C19H23BrN2O2/c1-13(16-9-10-18(24-3)17(20)11-16)21-12-19(23)22-14(2)15-7-5-4-6-8-15/h4-11,13-14,21H,12H2,1-3H3,(H,22,23)/t13-,14-/m1/s1. The van der Waals surface area contributed by atoms with Crippen molar-refractivity contribution in [2.24, 2.45) is 0 Å². The average Bonchev–Trinajstić information content (AvgIpc) is 2.60. The zero-order chi connectivity index (χ0) is 17.5. The Hall–Kier alpha value is -1.85. The Morgan fingerprint density at radius 1 is 1.08 bits per heavy atom. The van der Waals surface area contributed by atoms with Gasteiger partial charge in [-0.2, -0.15) is 0 Å². The number of halogens is 1. The van der Waals surface area contributed by atoms with Crippen molar-refractivity contribution < 1.29 is 9.53 Å². The predicted octanol–water partition coefficient (Wildman–Crippen LogP) is 3.99. The largest absolute Gasteiger partial charge is 0.496 e. The monoisotopic (exact) mass is 390 g/mol. The molecule has 0 unspecified atom stereocenters. The van der Waals surface area contributed by atoms with Crippen LogP contribution in [0.5, 0.6) is 5.75 Å².